The van der Waals surface area contributed by atoms with Crippen LogP contribution in [0, 0.1) is 0 Å². The van der Waals surface area contributed by atoms with Crippen LogP contribution in [0.15, 0.2) is 18.3 Å². The number of nitrogens with two attached hydrogens (primary N) is 1. The van der Waals surface area contributed by atoms with Crippen molar-refractivity contribution in [2.45, 2.75) is 43.7 Å². The molecular formula is C19H28N4O4. The molecule has 8 heteroatoms. The zero-order valence-corrected chi connectivity index (χ0v) is 15.8. The first-order chi connectivity index (χ1) is 13.0. The highest BCUT2D eigenvalue weighted by molar-refractivity contribution is 5.85. The zero-order chi connectivity index (χ0) is 19.4. The molecule has 3 heterocycles. The van der Waals surface area contributed by atoms with E-state index in [-0.39, 0.29) is 5.91 Å². The van der Waals surface area contributed by atoms with Gasteiger partial charge in [0, 0.05) is 25.4 Å². The molecule has 0 spiro atoms. The largest absolute Gasteiger partial charge is 0.481 e. The lowest BCUT2D eigenvalue weighted by Crippen LogP contribution is -2.63. The summed E-state index contributed by atoms with van der Waals surface area (Å²) in [6.45, 7) is 2.77. The van der Waals surface area contributed by atoms with Gasteiger partial charge in [-0.05, 0) is 50.4 Å². The Hall–Kier alpha value is -2.19. The summed E-state index contributed by atoms with van der Waals surface area (Å²) in [7, 11) is 1.52. The molecule has 27 heavy (non-hydrogen) atoms. The number of rotatable bonds is 6. The number of primary amides is 1. The highest BCUT2D eigenvalue weighted by Crippen LogP contribution is 2.35. The molecular weight excluding hydrogens is 348 g/mol. The second-order valence-corrected chi connectivity index (χ2v) is 7.35. The van der Waals surface area contributed by atoms with Crippen LogP contribution in [-0.2, 0) is 9.59 Å². The molecule has 1 aromatic rings. The van der Waals surface area contributed by atoms with Crippen molar-refractivity contribution in [3.05, 3.63) is 23.9 Å². The van der Waals surface area contributed by atoms with E-state index < -0.39 is 17.6 Å². The van der Waals surface area contributed by atoms with E-state index in [9.17, 15) is 14.7 Å². The number of hydrogen-bond acceptors (Lipinski definition) is 6. The molecule has 0 aliphatic carbocycles. The van der Waals surface area contributed by atoms with Crippen LogP contribution in [0.1, 0.15) is 43.7 Å². The number of aliphatic carboxylic acids is 1. The third-order valence-corrected chi connectivity index (χ3v) is 5.93. The van der Waals surface area contributed by atoms with Crippen molar-refractivity contribution in [3.63, 3.8) is 0 Å². The summed E-state index contributed by atoms with van der Waals surface area (Å²) < 4.78 is 5.05. The van der Waals surface area contributed by atoms with E-state index in [1.165, 1.54) is 19.7 Å². The minimum absolute atomic E-state index is 0.290. The molecule has 2 aliphatic heterocycles. The minimum atomic E-state index is -0.925. The first-order valence-corrected chi connectivity index (χ1v) is 9.50. The summed E-state index contributed by atoms with van der Waals surface area (Å²) in [4.78, 5) is 32.6. The van der Waals surface area contributed by atoms with Crippen LogP contribution in [0.5, 0.6) is 5.88 Å². The van der Waals surface area contributed by atoms with Gasteiger partial charge in [0.25, 0.3) is 0 Å². The number of pyridine rings is 1. The van der Waals surface area contributed by atoms with Crippen molar-refractivity contribution in [2.75, 3.05) is 33.3 Å². The average molecular weight is 376 g/mol. The van der Waals surface area contributed by atoms with Gasteiger partial charge in [-0.3, -0.25) is 19.4 Å². The second kappa shape index (κ2) is 8.22. The van der Waals surface area contributed by atoms with Crippen LogP contribution in [0.25, 0.3) is 0 Å². The molecule has 8 nitrogen and oxygen atoms in total. The molecule has 1 unspecified atom stereocenters. The van der Waals surface area contributed by atoms with Gasteiger partial charge in [0.05, 0.1) is 7.11 Å². The molecule has 0 bridgehead atoms. The third-order valence-electron chi connectivity index (χ3n) is 5.93. The van der Waals surface area contributed by atoms with E-state index in [4.69, 9.17) is 10.5 Å². The fourth-order valence-corrected chi connectivity index (χ4v) is 4.38. The molecule has 1 amide bonds. The quantitative estimate of drug-likeness (QED) is 0.763. The normalized spacial score (nSPS) is 22.1. The molecule has 2 saturated heterocycles. The van der Waals surface area contributed by atoms with Crippen LogP contribution in [0.2, 0.25) is 0 Å². The molecule has 2 fully saturated rings. The lowest BCUT2D eigenvalue weighted by Gasteiger charge is -2.49. The van der Waals surface area contributed by atoms with Gasteiger partial charge < -0.3 is 15.6 Å². The number of likely N-dealkylation sites (tertiary alicyclic amines) is 2. The van der Waals surface area contributed by atoms with E-state index >= 15 is 0 Å². The van der Waals surface area contributed by atoms with Gasteiger partial charge in [-0.1, -0.05) is 6.42 Å². The van der Waals surface area contributed by atoms with Crippen LogP contribution in [-0.4, -0.2) is 70.6 Å². The number of carboxylic acid groups (broad SMARTS) is 1. The third kappa shape index (κ3) is 3.91. The predicted octanol–water partition coefficient (Wildman–Crippen LogP) is 1.02. The maximum absolute atomic E-state index is 12.3. The number of amides is 1. The summed E-state index contributed by atoms with van der Waals surface area (Å²) in [5, 5.41) is 9.79. The van der Waals surface area contributed by atoms with Crippen molar-refractivity contribution in [3.8, 4) is 5.88 Å². The van der Waals surface area contributed by atoms with Gasteiger partial charge in [-0.2, -0.15) is 0 Å². The molecule has 0 aromatic carbocycles. The Kier molecular flexibility index (Phi) is 5.96. The zero-order valence-electron chi connectivity index (χ0n) is 15.8. The molecule has 0 radical (unpaired) electrons. The van der Waals surface area contributed by atoms with E-state index in [0.717, 1.165) is 25.9 Å². The summed E-state index contributed by atoms with van der Waals surface area (Å²) >= 11 is 0. The fourth-order valence-electron chi connectivity index (χ4n) is 4.38. The molecule has 148 valence electrons. The molecule has 3 rings (SSSR count). The van der Waals surface area contributed by atoms with Gasteiger partial charge in [-0.25, -0.2) is 4.98 Å². The first kappa shape index (κ1) is 19.6. The maximum atomic E-state index is 12.3. The van der Waals surface area contributed by atoms with Gasteiger partial charge in [-0.15, -0.1) is 0 Å². The maximum Gasteiger partial charge on any atom is 0.325 e. The number of methoxy groups -OCH3 is 1. The topological polar surface area (TPSA) is 109 Å². The number of aromatic nitrogens is 1. The summed E-state index contributed by atoms with van der Waals surface area (Å²) in [6.07, 6.45) is 5.98. The summed E-state index contributed by atoms with van der Waals surface area (Å²) in [6, 6.07) is 2.60. The minimum Gasteiger partial charge on any atom is -0.481 e. The van der Waals surface area contributed by atoms with Crippen LogP contribution >= 0.6 is 0 Å². The van der Waals surface area contributed by atoms with Crippen LogP contribution < -0.4 is 10.5 Å². The molecule has 1 aromatic heterocycles. The van der Waals surface area contributed by atoms with Crippen LogP contribution in [0.3, 0.4) is 0 Å². The molecule has 2 aliphatic rings. The Labute approximate surface area is 159 Å². The lowest BCUT2D eigenvalue weighted by molar-refractivity contribution is -0.146. The van der Waals surface area contributed by atoms with Gasteiger partial charge in [0.15, 0.2) is 0 Å². The molecule has 1 atom stereocenters. The second-order valence-electron chi connectivity index (χ2n) is 7.35. The van der Waals surface area contributed by atoms with E-state index in [1.54, 1.807) is 12.1 Å². The highest BCUT2D eigenvalue weighted by Gasteiger charge is 2.46. The first-order valence-electron chi connectivity index (χ1n) is 9.50. The average Bonchev–Trinajstić information content (AvgIpc) is 2.69. The number of carbonyl (C=O) groups is 2. The highest BCUT2D eigenvalue weighted by atomic mass is 16.5. The van der Waals surface area contributed by atoms with Gasteiger partial charge >= 0.3 is 5.97 Å². The van der Waals surface area contributed by atoms with Gasteiger partial charge in [0.1, 0.15) is 11.6 Å². The van der Waals surface area contributed by atoms with Crippen LogP contribution in [0.4, 0.5) is 0 Å². The number of piperidine rings is 2. The van der Waals surface area contributed by atoms with E-state index in [2.05, 4.69) is 9.88 Å². The standard InChI is InChI=1S/C19H28N4O4/c1-27-15-6-5-14(13-21-15)16(17(24)25)22-11-7-19(8-12-22,18(20)26)23-9-3-2-4-10-23/h5-6,13,16H,2-4,7-12H2,1H3,(H2,20,26)(H,24,25). The Bertz CT molecular complexity index is 665. The Balaban J connectivity index is 1.76. The Morgan fingerprint density at radius 1 is 1.19 bits per heavy atom. The monoisotopic (exact) mass is 376 g/mol. The number of carboxylic acids is 1. The van der Waals surface area contributed by atoms with E-state index in [1.807, 2.05) is 4.90 Å². The van der Waals surface area contributed by atoms with Crippen molar-refractivity contribution < 1.29 is 19.4 Å². The number of carbonyl (C=O) groups excluding carboxylic acids is 1. The Morgan fingerprint density at radius 2 is 1.85 bits per heavy atom. The lowest BCUT2D eigenvalue weighted by atomic mass is 9.82. The number of nitrogens with zero attached hydrogens (tertiary/aromatic N) is 3. The van der Waals surface area contributed by atoms with Gasteiger partial charge in [0.2, 0.25) is 11.8 Å². The molecule has 3 N–H and O–H groups in total. The Morgan fingerprint density at radius 3 is 2.33 bits per heavy atom. The predicted molar refractivity (Wildman–Crippen MR) is 99.3 cm³/mol. The van der Waals surface area contributed by atoms with Crippen molar-refractivity contribution in [2.24, 2.45) is 5.73 Å². The number of ether oxygens (including phenoxy) is 1. The SMILES string of the molecule is COc1ccc(C(C(=O)O)N2CCC(C(N)=O)(N3CCCCC3)CC2)cn1. The smallest absolute Gasteiger partial charge is 0.325 e. The van der Waals surface area contributed by atoms with Crippen molar-refractivity contribution in [1.82, 2.24) is 14.8 Å². The molecule has 0 saturated carbocycles. The number of hydrogen-bond donors (Lipinski definition) is 2. The summed E-state index contributed by atoms with van der Waals surface area (Å²) in [5.74, 6) is -0.770. The summed E-state index contributed by atoms with van der Waals surface area (Å²) in [5.41, 5.74) is 5.77. The van der Waals surface area contributed by atoms with E-state index in [0.29, 0.717) is 37.4 Å². The fraction of sp³-hybridized carbons (Fsp3) is 0.632. The van der Waals surface area contributed by atoms with Crippen molar-refractivity contribution in [1.29, 1.82) is 0 Å². The van der Waals surface area contributed by atoms with Crippen molar-refractivity contribution >= 4 is 11.9 Å².